The van der Waals surface area contributed by atoms with Crippen molar-refractivity contribution >= 4 is 34.5 Å². The fourth-order valence-corrected chi connectivity index (χ4v) is 1.43. The number of guanidine groups is 1. The number of hydrazine groups is 1. The fraction of sp³-hybridized carbons (Fsp3) is 0.667. The molecule has 2 N–H and O–H groups in total. The molecule has 0 aromatic carbocycles. The molecular weight excluding hydrogens is 213 g/mol. The number of alkyl halides is 1. The normalized spacial score (nSPS) is 25.8. The van der Waals surface area contributed by atoms with Gasteiger partial charge >= 0.3 is 0 Å². The quantitative estimate of drug-likeness (QED) is 0.531. The number of aliphatic imine (C=N–C) groups is 2. The van der Waals surface area contributed by atoms with Gasteiger partial charge in [0.15, 0.2) is 0 Å². The molecule has 0 amide bonds. The Labute approximate surface area is 86.8 Å². The smallest absolute Gasteiger partial charge is 0.218 e. The predicted octanol–water partition coefficient (Wildman–Crippen LogP) is 0.519. The van der Waals surface area contributed by atoms with Crippen LogP contribution in [0.5, 0.6) is 0 Å². The maximum atomic E-state index is 5.88. The second kappa shape index (κ2) is 4.64. The standard InChI is InChI=1S/C6H11Cl2N5/c1-3-10-6-12-4(7)11-5(8)13(6)9-2/h5,9H,3H2,1-2H3,(H,10,11,12). The van der Waals surface area contributed by atoms with Crippen LogP contribution in [-0.4, -0.2) is 35.5 Å². The van der Waals surface area contributed by atoms with Crippen LogP contribution in [-0.2, 0) is 0 Å². The van der Waals surface area contributed by atoms with E-state index >= 15 is 0 Å². The molecular formula is C6H11Cl2N5. The molecule has 0 fully saturated rings. The monoisotopic (exact) mass is 223 g/mol. The molecule has 0 saturated carbocycles. The molecule has 0 aliphatic carbocycles. The topological polar surface area (TPSA) is 52.0 Å². The molecule has 1 aliphatic rings. The van der Waals surface area contributed by atoms with Crippen LogP contribution in [0.15, 0.2) is 9.98 Å². The lowest BCUT2D eigenvalue weighted by Gasteiger charge is -2.30. The van der Waals surface area contributed by atoms with Crippen LogP contribution in [0.25, 0.3) is 0 Å². The summed E-state index contributed by atoms with van der Waals surface area (Å²) in [6, 6.07) is 0. The van der Waals surface area contributed by atoms with E-state index in [1.807, 2.05) is 6.92 Å². The minimum Gasteiger partial charge on any atom is -0.300 e. The summed E-state index contributed by atoms with van der Waals surface area (Å²) in [6.07, 6.45) is 0. The van der Waals surface area contributed by atoms with Gasteiger partial charge in [0.05, 0.1) is 0 Å². The molecule has 0 spiro atoms. The summed E-state index contributed by atoms with van der Waals surface area (Å²) in [5.41, 5.74) is 2.29. The average molecular weight is 224 g/mol. The van der Waals surface area contributed by atoms with Crippen molar-refractivity contribution in [3.05, 3.63) is 0 Å². The van der Waals surface area contributed by atoms with Crippen LogP contribution < -0.4 is 10.7 Å². The first-order valence-electron chi connectivity index (χ1n) is 3.84. The number of nitrogens with one attached hydrogen (secondary N) is 2. The van der Waals surface area contributed by atoms with E-state index in [0.717, 1.165) is 0 Å². The molecule has 0 aromatic rings. The van der Waals surface area contributed by atoms with Crippen molar-refractivity contribution in [3.8, 4) is 0 Å². The van der Waals surface area contributed by atoms with E-state index in [0.29, 0.717) is 12.5 Å². The van der Waals surface area contributed by atoms with Crippen LogP contribution in [0.2, 0.25) is 0 Å². The van der Waals surface area contributed by atoms with Gasteiger partial charge in [-0.3, -0.25) is 10.3 Å². The van der Waals surface area contributed by atoms with Crippen molar-refractivity contribution in [2.24, 2.45) is 9.98 Å². The van der Waals surface area contributed by atoms with E-state index in [-0.39, 0.29) is 5.29 Å². The van der Waals surface area contributed by atoms with Crippen LogP contribution in [0.3, 0.4) is 0 Å². The number of rotatable bonds is 2. The average Bonchev–Trinajstić information content (AvgIpc) is 2.04. The molecule has 5 nitrogen and oxygen atoms in total. The molecule has 1 aliphatic heterocycles. The molecule has 0 bridgehead atoms. The molecule has 0 aromatic heterocycles. The van der Waals surface area contributed by atoms with E-state index in [1.165, 1.54) is 0 Å². The highest BCUT2D eigenvalue weighted by Crippen LogP contribution is 2.09. The van der Waals surface area contributed by atoms with Gasteiger partial charge in [-0.05, 0) is 18.5 Å². The molecule has 1 unspecified atom stereocenters. The van der Waals surface area contributed by atoms with Gasteiger partial charge in [-0.15, -0.1) is 0 Å². The molecule has 74 valence electrons. The lowest BCUT2D eigenvalue weighted by molar-refractivity contribution is 0.304. The van der Waals surface area contributed by atoms with Gasteiger partial charge in [-0.2, -0.15) is 0 Å². The highest BCUT2D eigenvalue weighted by Gasteiger charge is 2.23. The van der Waals surface area contributed by atoms with Crippen molar-refractivity contribution in [2.75, 3.05) is 13.6 Å². The number of amidine groups is 1. The SMILES string of the molecule is CCN=C1NC(Cl)=NC(Cl)N1NC. The van der Waals surface area contributed by atoms with E-state index in [2.05, 4.69) is 20.7 Å². The van der Waals surface area contributed by atoms with Gasteiger partial charge in [-0.25, -0.2) is 15.4 Å². The number of halogens is 2. The summed E-state index contributed by atoms with van der Waals surface area (Å²) >= 11 is 11.6. The summed E-state index contributed by atoms with van der Waals surface area (Å²) in [4.78, 5) is 8.04. The number of hydrogen-bond acceptors (Lipinski definition) is 3. The van der Waals surface area contributed by atoms with Gasteiger partial charge < -0.3 is 0 Å². The zero-order chi connectivity index (χ0) is 9.84. The van der Waals surface area contributed by atoms with Crippen molar-refractivity contribution < 1.29 is 0 Å². The Morgan fingerprint density at radius 1 is 1.77 bits per heavy atom. The molecule has 1 rings (SSSR count). The Balaban J connectivity index is 2.85. The second-order valence-corrected chi connectivity index (χ2v) is 3.00. The first-order chi connectivity index (χ1) is 6.19. The third kappa shape index (κ3) is 2.46. The minimum atomic E-state index is -0.566. The maximum Gasteiger partial charge on any atom is 0.218 e. The third-order valence-electron chi connectivity index (χ3n) is 1.42. The molecule has 13 heavy (non-hydrogen) atoms. The van der Waals surface area contributed by atoms with Crippen LogP contribution in [0, 0.1) is 0 Å². The van der Waals surface area contributed by atoms with Crippen molar-refractivity contribution in [1.29, 1.82) is 0 Å². The summed E-state index contributed by atoms with van der Waals surface area (Å²) in [6.45, 7) is 2.57. The molecule has 7 heteroatoms. The number of nitrogens with zero attached hydrogens (tertiary/aromatic N) is 3. The van der Waals surface area contributed by atoms with Crippen LogP contribution in [0.1, 0.15) is 6.92 Å². The Morgan fingerprint density at radius 2 is 2.46 bits per heavy atom. The van der Waals surface area contributed by atoms with E-state index in [1.54, 1.807) is 12.1 Å². The summed E-state index contributed by atoms with van der Waals surface area (Å²) < 4.78 is 0. The highest BCUT2D eigenvalue weighted by molar-refractivity contribution is 6.66. The maximum absolute atomic E-state index is 5.88. The van der Waals surface area contributed by atoms with Crippen LogP contribution >= 0.6 is 23.2 Å². The van der Waals surface area contributed by atoms with Crippen molar-refractivity contribution in [1.82, 2.24) is 15.8 Å². The van der Waals surface area contributed by atoms with Gasteiger partial charge in [0.25, 0.3) is 0 Å². The highest BCUT2D eigenvalue weighted by atomic mass is 35.5. The number of hydrogen-bond donors (Lipinski definition) is 2. The molecule has 0 radical (unpaired) electrons. The zero-order valence-corrected chi connectivity index (χ0v) is 8.89. The van der Waals surface area contributed by atoms with Gasteiger partial charge in [-0.1, -0.05) is 11.6 Å². The van der Waals surface area contributed by atoms with E-state index < -0.39 is 5.62 Å². The Bertz CT molecular complexity index is 239. The molecule has 1 heterocycles. The first kappa shape index (κ1) is 10.6. The summed E-state index contributed by atoms with van der Waals surface area (Å²) in [7, 11) is 1.73. The Kier molecular flexibility index (Phi) is 3.77. The fourth-order valence-electron chi connectivity index (χ4n) is 0.915. The summed E-state index contributed by atoms with van der Waals surface area (Å²) in [5.74, 6) is 0.574. The largest absolute Gasteiger partial charge is 0.300 e. The second-order valence-electron chi connectivity index (χ2n) is 2.25. The van der Waals surface area contributed by atoms with Crippen molar-refractivity contribution in [3.63, 3.8) is 0 Å². The summed E-state index contributed by atoms with van der Waals surface area (Å²) in [5, 5.41) is 4.62. The Hall–Kier alpha value is -0.520. The first-order valence-corrected chi connectivity index (χ1v) is 4.66. The zero-order valence-electron chi connectivity index (χ0n) is 7.38. The lowest BCUT2D eigenvalue weighted by Crippen LogP contribution is -2.55. The molecule has 1 atom stereocenters. The predicted molar refractivity (Wildman–Crippen MR) is 54.9 cm³/mol. The van der Waals surface area contributed by atoms with Gasteiger partial charge in [0.1, 0.15) is 0 Å². The van der Waals surface area contributed by atoms with E-state index in [9.17, 15) is 0 Å². The lowest BCUT2D eigenvalue weighted by atomic mass is 10.7. The van der Waals surface area contributed by atoms with Crippen molar-refractivity contribution in [2.45, 2.75) is 12.5 Å². The van der Waals surface area contributed by atoms with Crippen LogP contribution in [0.4, 0.5) is 0 Å². The van der Waals surface area contributed by atoms with E-state index in [4.69, 9.17) is 23.2 Å². The minimum absolute atomic E-state index is 0.249. The van der Waals surface area contributed by atoms with Gasteiger partial charge in [0, 0.05) is 13.6 Å². The third-order valence-corrected chi connectivity index (χ3v) is 1.91. The Morgan fingerprint density at radius 3 is 3.00 bits per heavy atom. The van der Waals surface area contributed by atoms with Gasteiger partial charge in [0.2, 0.25) is 16.9 Å². The molecule has 0 saturated heterocycles.